The summed E-state index contributed by atoms with van der Waals surface area (Å²) in [5.41, 5.74) is -2.45. The molecule has 0 bridgehead atoms. The zero-order valence-corrected chi connectivity index (χ0v) is 17.7. The second kappa shape index (κ2) is 9.82. The van der Waals surface area contributed by atoms with Crippen LogP contribution >= 0.6 is 15.9 Å². The summed E-state index contributed by atoms with van der Waals surface area (Å²) in [6.07, 6.45) is 0.925. The highest BCUT2D eigenvalue weighted by atomic mass is 79.9. The smallest absolute Gasteiger partial charge is 0.352 e. The molecule has 0 atom stereocenters. The zero-order chi connectivity index (χ0) is 24.3. The molecule has 3 aromatic rings. The minimum absolute atomic E-state index is 0.226. The van der Waals surface area contributed by atoms with E-state index in [1.807, 2.05) is 0 Å². The molecule has 0 heterocycles. The Morgan fingerprint density at radius 1 is 0.848 bits per heavy atom. The van der Waals surface area contributed by atoms with Crippen LogP contribution in [0.5, 0.6) is 11.5 Å². The van der Waals surface area contributed by atoms with Gasteiger partial charge in [0.05, 0.1) is 4.47 Å². The predicted molar refractivity (Wildman–Crippen MR) is 110 cm³/mol. The Kier molecular flexibility index (Phi) is 7.12. The molecule has 5 nitrogen and oxygen atoms in total. The minimum Gasteiger partial charge on any atom is -0.477 e. The van der Waals surface area contributed by atoms with Gasteiger partial charge in [-0.1, -0.05) is 24.3 Å². The molecule has 2 N–H and O–H groups in total. The first-order chi connectivity index (χ1) is 15.6. The van der Waals surface area contributed by atoms with Gasteiger partial charge in [0.25, 0.3) is 5.91 Å². The number of carboxylic acids is 1. The Morgan fingerprint density at radius 2 is 1.39 bits per heavy atom. The summed E-state index contributed by atoms with van der Waals surface area (Å²) in [5, 5.41) is 10.9. The number of hydrogen-bond acceptors (Lipinski definition) is 3. The van der Waals surface area contributed by atoms with Crippen molar-refractivity contribution in [1.82, 2.24) is 5.32 Å². The lowest BCUT2D eigenvalue weighted by atomic mass is 10.1. The van der Waals surface area contributed by atoms with Crippen LogP contribution < -0.4 is 10.1 Å². The van der Waals surface area contributed by atoms with Crippen LogP contribution in [0, 0.1) is 29.1 Å². The molecule has 1 amide bonds. The van der Waals surface area contributed by atoms with Crippen molar-refractivity contribution in [2.45, 2.75) is 0 Å². The van der Waals surface area contributed by atoms with Crippen molar-refractivity contribution in [3.05, 3.63) is 98.9 Å². The second-order valence-corrected chi connectivity index (χ2v) is 7.22. The lowest BCUT2D eigenvalue weighted by Crippen LogP contribution is -2.29. The SMILES string of the molecule is O=C(O)C(=Cc1ccc(Oc2ccccc2Br)cc1)NC(=O)c1c(F)c(F)c(F)c(F)c1F. The van der Waals surface area contributed by atoms with E-state index >= 15 is 0 Å². The van der Waals surface area contributed by atoms with Gasteiger partial charge >= 0.3 is 5.97 Å². The number of benzene rings is 3. The van der Waals surface area contributed by atoms with Gasteiger partial charge in [-0.25, -0.2) is 26.7 Å². The highest BCUT2D eigenvalue weighted by Gasteiger charge is 2.30. The molecule has 0 radical (unpaired) electrons. The van der Waals surface area contributed by atoms with Crippen LogP contribution in [0.25, 0.3) is 6.08 Å². The van der Waals surface area contributed by atoms with Gasteiger partial charge in [-0.3, -0.25) is 4.79 Å². The topological polar surface area (TPSA) is 75.6 Å². The van der Waals surface area contributed by atoms with Crippen LogP contribution in [-0.2, 0) is 4.79 Å². The summed E-state index contributed by atoms with van der Waals surface area (Å²) < 4.78 is 73.8. The van der Waals surface area contributed by atoms with Crippen molar-refractivity contribution in [3.63, 3.8) is 0 Å². The van der Waals surface area contributed by atoms with Gasteiger partial charge in [-0.2, -0.15) is 0 Å². The molecule has 0 aromatic heterocycles. The Balaban J connectivity index is 1.85. The Morgan fingerprint density at radius 3 is 1.94 bits per heavy atom. The van der Waals surface area contributed by atoms with E-state index in [4.69, 9.17) is 4.74 Å². The second-order valence-electron chi connectivity index (χ2n) is 6.36. The number of aliphatic carboxylic acids is 1. The maximum absolute atomic E-state index is 13.8. The van der Waals surface area contributed by atoms with Crippen molar-refractivity contribution in [2.75, 3.05) is 0 Å². The first kappa shape index (κ1) is 23.9. The molecule has 0 fully saturated rings. The molecular weight excluding hydrogens is 517 g/mol. The number of carboxylic acid groups (broad SMARTS) is 1. The summed E-state index contributed by atoms with van der Waals surface area (Å²) in [5.74, 6) is -14.5. The van der Waals surface area contributed by atoms with Crippen molar-refractivity contribution in [2.24, 2.45) is 0 Å². The Hall–Kier alpha value is -3.73. The highest BCUT2D eigenvalue weighted by Crippen LogP contribution is 2.29. The van der Waals surface area contributed by atoms with E-state index in [9.17, 15) is 36.6 Å². The molecule has 0 saturated carbocycles. The molecule has 0 aliphatic heterocycles. The lowest BCUT2D eigenvalue weighted by molar-refractivity contribution is -0.132. The van der Waals surface area contributed by atoms with Gasteiger partial charge in [0, 0.05) is 0 Å². The molecule has 0 saturated heterocycles. The van der Waals surface area contributed by atoms with E-state index < -0.39 is 52.2 Å². The highest BCUT2D eigenvalue weighted by molar-refractivity contribution is 9.10. The number of carbonyl (C=O) groups excluding carboxylic acids is 1. The minimum atomic E-state index is -2.44. The first-order valence-corrected chi connectivity index (χ1v) is 9.69. The third-order valence-electron chi connectivity index (χ3n) is 4.17. The molecule has 0 aliphatic carbocycles. The summed E-state index contributed by atoms with van der Waals surface area (Å²) in [7, 11) is 0. The van der Waals surface area contributed by atoms with Crippen LogP contribution in [0.3, 0.4) is 0 Å². The van der Waals surface area contributed by atoms with E-state index in [-0.39, 0.29) is 5.56 Å². The number of ether oxygens (including phenoxy) is 1. The number of hydrogen-bond donors (Lipinski definition) is 2. The number of carbonyl (C=O) groups is 2. The maximum Gasteiger partial charge on any atom is 0.352 e. The van der Waals surface area contributed by atoms with Gasteiger partial charge in [-0.15, -0.1) is 0 Å². The Bertz CT molecular complexity index is 1250. The molecule has 0 aliphatic rings. The van der Waals surface area contributed by atoms with E-state index in [0.717, 1.165) is 6.08 Å². The van der Waals surface area contributed by atoms with Gasteiger partial charge in [0.15, 0.2) is 23.3 Å². The molecule has 3 rings (SSSR count). The van der Waals surface area contributed by atoms with E-state index in [1.165, 1.54) is 24.3 Å². The fourth-order valence-corrected chi connectivity index (χ4v) is 2.96. The van der Waals surface area contributed by atoms with E-state index in [2.05, 4.69) is 15.9 Å². The number of para-hydroxylation sites is 1. The summed E-state index contributed by atoms with van der Waals surface area (Å²) >= 11 is 3.32. The summed E-state index contributed by atoms with van der Waals surface area (Å²) in [6, 6.07) is 12.8. The number of rotatable bonds is 6. The number of amides is 1. The van der Waals surface area contributed by atoms with Crippen molar-refractivity contribution >= 4 is 33.9 Å². The zero-order valence-electron chi connectivity index (χ0n) is 16.1. The maximum atomic E-state index is 13.8. The van der Waals surface area contributed by atoms with E-state index in [1.54, 1.807) is 29.6 Å². The Labute approximate surface area is 191 Å². The largest absolute Gasteiger partial charge is 0.477 e. The lowest BCUT2D eigenvalue weighted by Gasteiger charge is -2.10. The molecule has 0 spiro atoms. The summed E-state index contributed by atoms with van der Waals surface area (Å²) in [6.45, 7) is 0. The fraction of sp³-hybridized carbons (Fsp3) is 0. The quantitative estimate of drug-likeness (QED) is 0.184. The van der Waals surface area contributed by atoms with E-state index in [0.29, 0.717) is 16.0 Å². The molecule has 3 aromatic carbocycles. The van der Waals surface area contributed by atoms with Crippen LogP contribution in [-0.4, -0.2) is 17.0 Å². The number of halogens is 6. The van der Waals surface area contributed by atoms with Crippen LogP contribution in [0.4, 0.5) is 22.0 Å². The molecule has 170 valence electrons. The number of nitrogens with one attached hydrogen (secondary N) is 1. The van der Waals surface area contributed by atoms with Crippen LogP contribution in [0.15, 0.2) is 58.7 Å². The molecule has 11 heteroatoms. The van der Waals surface area contributed by atoms with Crippen molar-refractivity contribution < 1.29 is 41.4 Å². The molecular formula is C22H11BrF5NO4. The van der Waals surface area contributed by atoms with Crippen molar-refractivity contribution in [3.8, 4) is 11.5 Å². The molecule has 33 heavy (non-hydrogen) atoms. The van der Waals surface area contributed by atoms with Crippen LogP contribution in [0.1, 0.15) is 15.9 Å². The summed E-state index contributed by atoms with van der Waals surface area (Å²) in [4.78, 5) is 23.6. The third-order valence-corrected chi connectivity index (χ3v) is 4.83. The third kappa shape index (κ3) is 5.20. The van der Waals surface area contributed by atoms with Crippen molar-refractivity contribution in [1.29, 1.82) is 0 Å². The van der Waals surface area contributed by atoms with Gasteiger partial charge in [0.1, 0.15) is 22.8 Å². The van der Waals surface area contributed by atoms with Gasteiger partial charge < -0.3 is 15.2 Å². The van der Waals surface area contributed by atoms with Crippen LogP contribution in [0.2, 0.25) is 0 Å². The normalized spacial score (nSPS) is 11.3. The standard InChI is InChI=1S/C22H11BrF5NO4/c23-12-3-1-2-4-14(12)33-11-7-5-10(6-8-11)9-13(22(31)32)29-21(30)15-16(24)18(26)20(28)19(27)17(15)25/h1-9H,(H,29,30)(H,31,32). The fourth-order valence-electron chi connectivity index (χ4n) is 2.59. The van der Waals surface area contributed by atoms with Gasteiger partial charge in [0.2, 0.25) is 5.82 Å². The first-order valence-electron chi connectivity index (χ1n) is 8.90. The average Bonchev–Trinajstić information content (AvgIpc) is 2.78. The predicted octanol–water partition coefficient (Wildman–Crippen LogP) is 5.79. The average molecular weight is 528 g/mol. The van der Waals surface area contributed by atoms with Gasteiger partial charge in [-0.05, 0) is 51.8 Å². The monoisotopic (exact) mass is 527 g/mol. The molecule has 0 unspecified atom stereocenters.